The lowest BCUT2D eigenvalue weighted by Crippen LogP contribution is -2.40. The fraction of sp³-hybridized carbons (Fsp3) is 0.462. The van der Waals surface area contributed by atoms with Crippen molar-refractivity contribution < 1.29 is 9.90 Å². The minimum atomic E-state index is -0.860. The first-order valence-corrected chi connectivity index (χ1v) is 6.68. The fourth-order valence-corrected chi connectivity index (χ4v) is 3.04. The molecule has 1 aliphatic heterocycles. The molecule has 1 unspecified atom stereocenters. The number of hydrogen-bond acceptors (Lipinski definition) is 3. The lowest BCUT2D eigenvalue weighted by Gasteiger charge is -2.19. The van der Waals surface area contributed by atoms with E-state index in [1.807, 2.05) is 24.3 Å². The highest BCUT2D eigenvalue weighted by molar-refractivity contribution is 7.99. The molecule has 1 aliphatic rings. The van der Waals surface area contributed by atoms with E-state index in [-0.39, 0.29) is 18.4 Å². The monoisotopic (exact) mass is 251 g/mol. The molecule has 0 fully saturated rings. The van der Waals surface area contributed by atoms with Gasteiger partial charge in [-0.3, -0.25) is 4.79 Å². The zero-order valence-electron chi connectivity index (χ0n) is 10.1. The van der Waals surface area contributed by atoms with Gasteiger partial charge in [-0.2, -0.15) is 0 Å². The number of aliphatic hydroxyl groups is 1. The SMILES string of the molecule is CC(C)(O)CNC(=O)C1CSc2ccccc21. The molecule has 2 N–H and O–H groups in total. The number of benzene rings is 1. The van der Waals surface area contributed by atoms with Crippen LogP contribution in [0.25, 0.3) is 0 Å². The molecular weight excluding hydrogens is 234 g/mol. The van der Waals surface area contributed by atoms with Gasteiger partial charge in [-0.25, -0.2) is 0 Å². The lowest BCUT2D eigenvalue weighted by atomic mass is 10.00. The predicted octanol–water partition coefficient (Wildman–Crippen LogP) is 1.76. The summed E-state index contributed by atoms with van der Waals surface area (Å²) in [5, 5.41) is 12.4. The van der Waals surface area contributed by atoms with Crippen LogP contribution >= 0.6 is 11.8 Å². The highest BCUT2D eigenvalue weighted by Crippen LogP contribution is 2.39. The highest BCUT2D eigenvalue weighted by Gasteiger charge is 2.29. The number of amides is 1. The van der Waals surface area contributed by atoms with Gasteiger partial charge in [0.1, 0.15) is 0 Å². The minimum Gasteiger partial charge on any atom is -0.389 e. The zero-order valence-corrected chi connectivity index (χ0v) is 10.9. The quantitative estimate of drug-likeness (QED) is 0.860. The van der Waals surface area contributed by atoms with Crippen molar-refractivity contribution in [3.8, 4) is 0 Å². The number of fused-ring (bicyclic) bond motifs is 1. The number of rotatable bonds is 3. The third-order valence-electron chi connectivity index (χ3n) is 2.71. The van der Waals surface area contributed by atoms with E-state index < -0.39 is 5.60 Å². The van der Waals surface area contributed by atoms with Crippen LogP contribution in [-0.4, -0.2) is 28.9 Å². The van der Waals surface area contributed by atoms with E-state index in [1.54, 1.807) is 25.6 Å². The number of nitrogens with one attached hydrogen (secondary N) is 1. The van der Waals surface area contributed by atoms with E-state index in [9.17, 15) is 9.90 Å². The normalized spacial score (nSPS) is 18.9. The van der Waals surface area contributed by atoms with E-state index in [0.29, 0.717) is 0 Å². The van der Waals surface area contributed by atoms with Crippen LogP contribution in [0.3, 0.4) is 0 Å². The van der Waals surface area contributed by atoms with Gasteiger partial charge in [-0.15, -0.1) is 11.8 Å². The Hall–Kier alpha value is -1.00. The Bertz CT molecular complexity index is 426. The van der Waals surface area contributed by atoms with Gasteiger partial charge in [0, 0.05) is 17.2 Å². The molecule has 1 amide bonds. The van der Waals surface area contributed by atoms with Crippen molar-refractivity contribution in [3.63, 3.8) is 0 Å². The zero-order chi connectivity index (χ0) is 12.5. The number of thioether (sulfide) groups is 1. The molecule has 0 aliphatic carbocycles. The molecule has 1 aromatic rings. The average Bonchev–Trinajstić information content (AvgIpc) is 2.68. The smallest absolute Gasteiger partial charge is 0.228 e. The Balaban J connectivity index is 2.03. The van der Waals surface area contributed by atoms with Gasteiger partial charge >= 0.3 is 0 Å². The Kier molecular flexibility index (Phi) is 3.45. The summed E-state index contributed by atoms with van der Waals surface area (Å²) < 4.78 is 0. The summed E-state index contributed by atoms with van der Waals surface area (Å²) >= 11 is 1.71. The third-order valence-corrected chi connectivity index (χ3v) is 3.89. The Morgan fingerprint density at radius 2 is 2.24 bits per heavy atom. The average molecular weight is 251 g/mol. The summed E-state index contributed by atoms with van der Waals surface area (Å²) in [5.74, 6) is 0.708. The number of carbonyl (C=O) groups is 1. The van der Waals surface area contributed by atoms with Crippen LogP contribution < -0.4 is 5.32 Å². The Labute approximate surface area is 106 Å². The summed E-state index contributed by atoms with van der Waals surface area (Å²) in [6.45, 7) is 3.66. The van der Waals surface area contributed by atoms with Gasteiger partial charge in [-0.1, -0.05) is 18.2 Å². The summed E-state index contributed by atoms with van der Waals surface area (Å²) in [6.07, 6.45) is 0. The maximum atomic E-state index is 12.0. The first-order valence-electron chi connectivity index (χ1n) is 5.69. The largest absolute Gasteiger partial charge is 0.389 e. The lowest BCUT2D eigenvalue weighted by molar-refractivity contribution is -0.123. The van der Waals surface area contributed by atoms with E-state index in [1.165, 1.54) is 4.90 Å². The van der Waals surface area contributed by atoms with E-state index >= 15 is 0 Å². The molecule has 0 saturated carbocycles. The van der Waals surface area contributed by atoms with Gasteiger partial charge in [0.2, 0.25) is 5.91 Å². The maximum Gasteiger partial charge on any atom is 0.228 e. The topological polar surface area (TPSA) is 49.3 Å². The molecule has 0 bridgehead atoms. The number of carbonyl (C=O) groups excluding carboxylic acids is 1. The maximum absolute atomic E-state index is 12.0. The molecule has 3 nitrogen and oxygen atoms in total. The first kappa shape index (κ1) is 12.5. The van der Waals surface area contributed by atoms with Crippen molar-refractivity contribution in [1.29, 1.82) is 0 Å². The standard InChI is InChI=1S/C13H17NO2S/c1-13(2,16)8-14-12(15)10-7-17-11-6-4-3-5-9(10)11/h3-6,10,16H,7-8H2,1-2H3,(H,14,15). The van der Waals surface area contributed by atoms with Gasteiger partial charge in [-0.05, 0) is 25.5 Å². The molecule has 4 heteroatoms. The van der Waals surface area contributed by atoms with Crippen LogP contribution in [0, 0.1) is 0 Å². The molecule has 0 saturated heterocycles. The molecule has 1 atom stereocenters. The molecule has 1 aromatic carbocycles. The molecule has 1 heterocycles. The second-order valence-electron chi connectivity index (χ2n) is 4.93. The van der Waals surface area contributed by atoms with Crippen molar-refractivity contribution in [1.82, 2.24) is 5.32 Å². The highest BCUT2D eigenvalue weighted by atomic mass is 32.2. The molecule has 92 valence electrons. The molecule has 2 rings (SSSR count). The van der Waals surface area contributed by atoms with E-state index in [0.717, 1.165) is 11.3 Å². The molecule has 0 aromatic heterocycles. The Morgan fingerprint density at radius 1 is 1.53 bits per heavy atom. The van der Waals surface area contributed by atoms with E-state index in [4.69, 9.17) is 0 Å². The van der Waals surface area contributed by atoms with Gasteiger partial charge < -0.3 is 10.4 Å². The van der Waals surface area contributed by atoms with Crippen LogP contribution in [-0.2, 0) is 4.79 Å². The minimum absolute atomic E-state index is 0.00424. The van der Waals surface area contributed by atoms with Crippen LogP contribution in [0.5, 0.6) is 0 Å². The molecular formula is C13H17NO2S. The van der Waals surface area contributed by atoms with Crippen LogP contribution in [0.4, 0.5) is 0 Å². The Morgan fingerprint density at radius 3 is 2.94 bits per heavy atom. The van der Waals surface area contributed by atoms with Crippen molar-refractivity contribution in [2.24, 2.45) is 0 Å². The second-order valence-corrected chi connectivity index (χ2v) is 5.99. The van der Waals surface area contributed by atoms with Crippen LogP contribution in [0.1, 0.15) is 25.3 Å². The molecule has 17 heavy (non-hydrogen) atoms. The van der Waals surface area contributed by atoms with Crippen LogP contribution in [0.2, 0.25) is 0 Å². The molecule has 0 spiro atoms. The van der Waals surface area contributed by atoms with Crippen molar-refractivity contribution in [3.05, 3.63) is 29.8 Å². The van der Waals surface area contributed by atoms with E-state index in [2.05, 4.69) is 5.32 Å². The van der Waals surface area contributed by atoms with Crippen LogP contribution in [0.15, 0.2) is 29.2 Å². The van der Waals surface area contributed by atoms with Crippen molar-refractivity contribution in [2.75, 3.05) is 12.3 Å². The second kappa shape index (κ2) is 4.70. The molecule has 0 radical (unpaired) electrons. The van der Waals surface area contributed by atoms with Crippen molar-refractivity contribution in [2.45, 2.75) is 30.3 Å². The summed E-state index contributed by atoms with van der Waals surface area (Å²) in [4.78, 5) is 13.2. The van der Waals surface area contributed by atoms with Gasteiger partial charge in [0.25, 0.3) is 0 Å². The number of hydrogen-bond donors (Lipinski definition) is 2. The van der Waals surface area contributed by atoms with Crippen molar-refractivity contribution >= 4 is 17.7 Å². The van der Waals surface area contributed by atoms with Gasteiger partial charge in [0.05, 0.1) is 11.5 Å². The third kappa shape index (κ3) is 3.01. The predicted molar refractivity (Wildman–Crippen MR) is 69.2 cm³/mol. The van der Waals surface area contributed by atoms with Gasteiger partial charge in [0.15, 0.2) is 0 Å². The fourth-order valence-electron chi connectivity index (χ4n) is 1.81. The summed E-state index contributed by atoms with van der Waals surface area (Å²) in [7, 11) is 0. The first-order chi connectivity index (χ1) is 7.97. The summed E-state index contributed by atoms with van der Waals surface area (Å²) in [5.41, 5.74) is 0.242. The summed E-state index contributed by atoms with van der Waals surface area (Å²) in [6, 6.07) is 8.00.